The summed E-state index contributed by atoms with van der Waals surface area (Å²) in [6.07, 6.45) is 2.68. The van der Waals surface area contributed by atoms with Gasteiger partial charge in [0.1, 0.15) is 0 Å². The molecule has 5 nitrogen and oxygen atoms in total. The second-order valence-electron chi connectivity index (χ2n) is 4.36. The molecule has 0 atom stereocenters. The SMILES string of the molecule is COCCN(CCOC)c1ccc(/C=C/C(=O)O)cc1Br. The first-order valence-corrected chi connectivity index (χ1v) is 7.31. The van der Waals surface area contributed by atoms with Gasteiger partial charge in [-0.3, -0.25) is 0 Å². The molecule has 0 aliphatic rings. The van der Waals surface area contributed by atoms with E-state index in [1.165, 1.54) is 0 Å². The molecule has 0 saturated heterocycles. The van der Waals surface area contributed by atoms with Crippen LogP contribution in [-0.4, -0.2) is 51.6 Å². The van der Waals surface area contributed by atoms with Crippen molar-refractivity contribution >= 4 is 33.7 Å². The number of nitrogens with zero attached hydrogens (tertiary/aromatic N) is 1. The van der Waals surface area contributed by atoms with E-state index in [1.54, 1.807) is 20.3 Å². The highest BCUT2D eigenvalue weighted by Crippen LogP contribution is 2.27. The molecule has 0 aromatic heterocycles. The van der Waals surface area contributed by atoms with Crippen LogP contribution in [0.15, 0.2) is 28.7 Å². The minimum atomic E-state index is -0.961. The highest BCUT2D eigenvalue weighted by atomic mass is 79.9. The number of methoxy groups -OCH3 is 2. The Morgan fingerprint density at radius 1 is 1.29 bits per heavy atom. The van der Waals surface area contributed by atoms with E-state index in [0.717, 1.165) is 34.9 Å². The van der Waals surface area contributed by atoms with Crippen LogP contribution in [0.4, 0.5) is 5.69 Å². The van der Waals surface area contributed by atoms with Crippen LogP contribution in [0.25, 0.3) is 6.08 Å². The van der Waals surface area contributed by atoms with Crippen LogP contribution in [0.2, 0.25) is 0 Å². The molecule has 1 N–H and O–H groups in total. The standard InChI is InChI=1S/C15H20BrNO4/c1-20-9-7-17(8-10-21-2)14-5-3-12(11-13(14)16)4-6-15(18)19/h3-6,11H,7-10H2,1-2H3,(H,18,19)/b6-4+. The Labute approximate surface area is 133 Å². The first-order chi connectivity index (χ1) is 10.1. The number of benzene rings is 1. The van der Waals surface area contributed by atoms with Crippen molar-refractivity contribution in [2.45, 2.75) is 0 Å². The maximum Gasteiger partial charge on any atom is 0.328 e. The highest BCUT2D eigenvalue weighted by Gasteiger charge is 2.10. The normalized spacial score (nSPS) is 11.0. The lowest BCUT2D eigenvalue weighted by atomic mass is 10.2. The van der Waals surface area contributed by atoms with Crippen LogP contribution in [0.3, 0.4) is 0 Å². The molecule has 0 saturated carbocycles. The van der Waals surface area contributed by atoms with Crippen LogP contribution >= 0.6 is 15.9 Å². The number of aliphatic carboxylic acids is 1. The summed E-state index contributed by atoms with van der Waals surface area (Å²) in [5.74, 6) is -0.961. The number of carbonyl (C=O) groups is 1. The van der Waals surface area contributed by atoms with E-state index in [1.807, 2.05) is 18.2 Å². The van der Waals surface area contributed by atoms with Crippen molar-refractivity contribution in [1.29, 1.82) is 0 Å². The summed E-state index contributed by atoms with van der Waals surface area (Å²) >= 11 is 3.53. The predicted octanol–water partition coefficient (Wildman–Crippen LogP) is 2.65. The number of hydrogen-bond donors (Lipinski definition) is 1. The zero-order valence-corrected chi connectivity index (χ0v) is 13.8. The maximum absolute atomic E-state index is 10.5. The average Bonchev–Trinajstić information content (AvgIpc) is 2.46. The van der Waals surface area contributed by atoms with Crippen LogP contribution in [0.1, 0.15) is 5.56 Å². The number of ether oxygens (including phenoxy) is 2. The molecule has 0 spiro atoms. The molecule has 21 heavy (non-hydrogen) atoms. The first-order valence-electron chi connectivity index (χ1n) is 6.52. The summed E-state index contributed by atoms with van der Waals surface area (Å²) < 4.78 is 11.2. The molecule has 116 valence electrons. The van der Waals surface area contributed by atoms with E-state index in [0.29, 0.717) is 13.2 Å². The maximum atomic E-state index is 10.5. The van der Waals surface area contributed by atoms with E-state index in [9.17, 15) is 4.79 Å². The number of anilines is 1. The minimum absolute atomic E-state index is 0.622. The van der Waals surface area contributed by atoms with Crippen molar-refractivity contribution in [3.8, 4) is 0 Å². The average molecular weight is 358 g/mol. The second kappa shape index (κ2) is 9.55. The lowest BCUT2D eigenvalue weighted by Gasteiger charge is -2.25. The van der Waals surface area contributed by atoms with E-state index < -0.39 is 5.97 Å². The van der Waals surface area contributed by atoms with Crippen molar-refractivity contribution < 1.29 is 19.4 Å². The number of halogens is 1. The Balaban J connectivity index is 2.89. The minimum Gasteiger partial charge on any atom is -0.478 e. The third-order valence-corrected chi connectivity index (χ3v) is 3.50. The fourth-order valence-electron chi connectivity index (χ4n) is 1.81. The smallest absolute Gasteiger partial charge is 0.328 e. The molecule has 1 aromatic carbocycles. The van der Waals surface area contributed by atoms with Crippen LogP contribution in [-0.2, 0) is 14.3 Å². The molecule has 1 aromatic rings. The van der Waals surface area contributed by atoms with Crippen molar-refractivity contribution in [3.63, 3.8) is 0 Å². The van der Waals surface area contributed by atoms with Gasteiger partial charge in [0.05, 0.1) is 18.9 Å². The third kappa shape index (κ3) is 6.29. The Morgan fingerprint density at radius 3 is 2.38 bits per heavy atom. The summed E-state index contributed by atoms with van der Waals surface area (Å²) in [4.78, 5) is 12.7. The Morgan fingerprint density at radius 2 is 1.90 bits per heavy atom. The first kappa shape index (κ1) is 17.7. The van der Waals surface area contributed by atoms with Gasteiger partial charge in [0.15, 0.2) is 0 Å². The molecule has 0 fully saturated rings. The fraction of sp³-hybridized carbons (Fsp3) is 0.400. The summed E-state index contributed by atoms with van der Waals surface area (Å²) in [7, 11) is 3.34. The van der Waals surface area contributed by atoms with Crippen LogP contribution in [0.5, 0.6) is 0 Å². The molecular weight excluding hydrogens is 338 g/mol. The quantitative estimate of drug-likeness (QED) is 0.688. The second-order valence-corrected chi connectivity index (χ2v) is 5.21. The van der Waals surface area contributed by atoms with Crippen molar-refractivity contribution in [2.75, 3.05) is 45.4 Å². The molecule has 1 rings (SSSR count). The topological polar surface area (TPSA) is 59.0 Å². The van der Waals surface area contributed by atoms with Crippen molar-refractivity contribution in [1.82, 2.24) is 0 Å². The van der Waals surface area contributed by atoms with Gasteiger partial charge in [-0.2, -0.15) is 0 Å². The third-order valence-electron chi connectivity index (χ3n) is 2.86. The molecule has 0 aliphatic heterocycles. The van der Waals surface area contributed by atoms with E-state index in [2.05, 4.69) is 20.8 Å². The zero-order chi connectivity index (χ0) is 15.7. The van der Waals surface area contributed by atoms with Gasteiger partial charge < -0.3 is 19.5 Å². The predicted molar refractivity (Wildman–Crippen MR) is 86.8 cm³/mol. The van der Waals surface area contributed by atoms with Gasteiger partial charge in [0.25, 0.3) is 0 Å². The lowest BCUT2D eigenvalue weighted by molar-refractivity contribution is -0.131. The van der Waals surface area contributed by atoms with Gasteiger partial charge in [-0.15, -0.1) is 0 Å². The molecule has 0 heterocycles. The zero-order valence-electron chi connectivity index (χ0n) is 12.2. The summed E-state index contributed by atoms with van der Waals surface area (Å²) in [6, 6.07) is 5.73. The van der Waals surface area contributed by atoms with Crippen molar-refractivity contribution in [2.24, 2.45) is 0 Å². The Hall–Kier alpha value is -1.37. The molecular formula is C15H20BrNO4. The van der Waals surface area contributed by atoms with Crippen molar-refractivity contribution in [3.05, 3.63) is 34.3 Å². The van der Waals surface area contributed by atoms with Crippen LogP contribution in [0, 0.1) is 0 Å². The summed E-state index contributed by atoms with van der Waals surface area (Å²) in [6.45, 7) is 2.75. The highest BCUT2D eigenvalue weighted by molar-refractivity contribution is 9.10. The van der Waals surface area contributed by atoms with Gasteiger partial charge in [0.2, 0.25) is 0 Å². The summed E-state index contributed by atoms with van der Waals surface area (Å²) in [5, 5.41) is 8.65. The van der Waals surface area contributed by atoms with E-state index in [-0.39, 0.29) is 0 Å². The van der Waals surface area contributed by atoms with Gasteiger partial charge in [-0.25, -0.2) is 4.79 Å². The summed E-state index contributed by atoms with van der Waals surface area (Å²) in [5.41, 5.74) is 1.85. The molecule has 0 unspecified atom stereocenters. The van der Waals surface area contributed by atoms with Gasteiger partial charge in [0, 0.05) is 37.9 Å². The van der Waals surface area contributed by atoms with Gasteiger partial charge in [-0.1, -0.05) is 6.07 Å². The number of hydrogen-bond acceptors (Lipinski definition) is 4. The molecule has 0 aliphatic carbocycles. The monoisotopic (exact) mass is 357 g/mol. The lowest BCUT2D eigenvalue weighted by Crippen LogP contribution is -2.30. The Kier molecular flexibility index (Phi) is 8.04. The van der Waals surface area contributed by atoms with E-state index >= 15 is 0 Å². The molecule has 0 radical (unpaired) electrons. The van der Waals surface area contributed by atoms with Crippen LogP contribution < -0.4 is 4.90 Å². The molecule has 6 heteroatoms. The molecule has 0 amide bonds. The van der Waals surface area contributed by atoms with Gasteiger partial charge in [-0.05, 0) is 39.7 Å². The number of carboxylic acid groups (broad SMARTS) is 1. The Bertz CT molecular complexity index is 483. The van der Waals surface area contributed by atoms with Gasteiger partial charge >= 0.3 is 5.97 Å². The fourth-order valence-corrected chi connectivity index (χ4v) is 2.45. The molecule has 0 bridgehead atoms. The number of rotatable bonds is 9. The number of carboxylic acids is 1. The largest absolute Gasteiger partial charge is 0.478 e. The van der Waals surface area contributed by atoms with E-state index in [4.69, 9.17) is 14.6 Å².